The molecular formula is C80H124Br2N20O16S. The molecule has 0 bridgehead atoms. The number of aliphatic hydroxyl groups is 1. The molecule has 39 heteroatoms. The Morgan fingerprint density at radius 2 is 1.36 bits per heavy atom. The lowest BCUT2D eigenvalue weighted by molar-refractivity contribution is -0.143. The number of H-pyrrole nitrogens is 1. The third kappa shape index (κ3) is 32.6. The van der Waals surface area contributed by atoms with Crippen molar-refractivity contribution in [2.75, 3.05) is 78.8 Å². The predicted octanol–water partition coefficient (Wildman–Crippen LogP) is -0.679. The van der Waals surface area contributed by atoms with Gasteiger partial charge in [-0.25, -0.2) is 0 Å². The molecule has 3 heterocycles. The molecule has 0 radical (unpaired) electrons. The Kier molecular flexibility index (Phi) is 40.0. The summed E-state index contributed by atoms with van der Waals surface area (Å²) < 4.78 is 44.8. The summed E-state index contributed by atoms with van der Waals surface area (Å²) in [5, 5.41) is 44.0. The van der Waals surface area contributed by atoms with E-state index in [0.29, 0.717) is 60.8 Å². The van der Waals surface area contributed by atoms with Crippen LogP contribution in [0.25, 0.3) is 10.9 Å². The fourth-order valence-electron chi connectivity index (χ4n) is 14.3. The first-order valence-electron chi connectivity index (χ1n) is 40.3. The van der Waals surface area contributed by atoms with Crippen LogP contribution in [0.3, 0.4) is 0 Å². The van der Waals surface area contributed by atoms with E-state index in [1.165, 1.54) is 11.8 Å². The Morgan fingerprint density at radius 3 is 1.98 bits per heavy atom. The van der Waals surface area contributed by atoms with E-state index < -0.39 is 171 Å². The summed E-state index contributed by atoms with van der Waals surface area (Å²) >= 11 is 6.93. The number of nitrogens with zero attached hydrogens (tertiary/aromatic N) is 4. The number of amides is 11. The van der Waals surface area contributed by atoms with E-state index >= 15 is 24.0 Å². The molecule has 2 saturated heterocycles. The van der Waals surface area contributed by atoms with Gasteiger partial charge in [0.05, 0.1) is 24.9 Å². The molecule has 0 spiro atoms. The number of aliphatic imine (C=N–C) groups is 1. The number of hydrogen-bond acceptors (Lipinski definition) is 21. The molecule has 4 aromatic rings. The molecule has 0 saturated carbocycles. The van der Waals surface area contributed by atoms with Crippen molar-refractivity contribution < 1.29 is 75.6 Å². The number of rotatable bonds is 38. The number of ether oxygens (including phenoxy) is 1. The van der Waals surface area contributed by atoms with Crippen LogP contribution in [0.1, 0.15) is 123 Å². The highest BCUT2D eigenvalue weighted by atomic mass is 79.9. The van der Waals surface area contributed by atoms with Crippen LogP contribution in [0.4, 0.5) is 0 Å². The van der Waals surface area contributed by atoms with Crippen molar-refractivity contribution in [1.82, 2.24) is 78.2 Å². The minimum Gasteiger partial charge on any atom is -0.392 e. The number of likely N-dealkylation sites (tertiary alicyclic amines) is 1. The highest BCUT2D eigenvalue weighted by Gasteiger charge is 2.44. The monoisotopic (exact) mass is 1810 g/mol. The standard InChI is InChI=1S/C80H124Br2N20O16S/c1-11-80(7,8)70(99-75(111)66-19-15-32-102(66)78(114)62(95-71(107)47(4)92-45-103)35-51-22-26-54(82)27-23-51)77(113)98-69(46(2)3)76(112)94-61(36-52-38-90-59-17-13-12-16-58(52)59)73(109)93-60(18-14-30-88-79(85)86)72(108)97-65(44-119(115,116)117)74(110)96-64-43-100(9)56(28-29-67(83)105)41-89-55(34-50-20-24-53(81)25-21-50)39-91-63(48(5)104)42-101(10)57(37-68(84)106)40-87-31-33-118-49(64)6/h12-13,16-17,20-27,38,45-49,55-57,60-66,69-70,87,89-91,104H,11,14-15,18-19,28-37,39-44H2,1-10H3,(H2,83,105)(H2,84,106)(H,92,103)(H,93,109)(H,94,112)(H,95,107)(H,96,110)(H,97,108)(H,98,113)(H,99,111)(H4,85,86,88)(H,115,116,117)/t47-,48?,49?,55?,56?,57?,60-,61-,62-,63?,64?,65-,66-,69-,70+/m0/s1. The lowest BCUT2D eigenvalue weighted by atomic mass is 9.80. The average molecular weight is 1810 g/mol. The Balaban J connectivity index is 1.31. The second kappa shape index (κ2) is 48.0. The molecule has 660 valence electrons. The molecule has 22 N–H and O–H groups in total. The number of aromatic amines is 1. The number of fused-ring (bicyclic) bond motifs is 1. The smallest absolute Gasteiger partial charge is 0.267 e. The van der Waals surface area contributed by atoms with Crippen LogP contribution in [0.15, 0.2) is 92.9 Å². The average Bonchev–Trinajstić information content (AvgIpc) is 1.78. The molecule has 2 aliphatic heterocycles. The van der Waals surface area contributed by atoms with Crippen molar-refractivity contribution in [3.05, 3.63) is 105 Å². The van der Waals surface area contributed by atoms with Gasteiger partial charge in [0.1, 0.15) is 54.1 Å². The summed E-state index contributed by atoms with van der Waals surface area (Å²) in [5.74, 6) is -10.3. The van der Waals surface area contributed by atoms with Crippen LogP contribution in [0.5, 0.6) is 0 Å². The molecular weight excluding hydrogens is 1690 g/mol. The van der Waals surface area contributed by atoms with Gasteiger partial charge in [-0.3, -0.25) is 67.2 Å². The van der Waals surface area contributed by atoms with Crippen LogP contribution >= 0.6 is 31.9 Å². The van der Waals surface area contributed by atoms with Crippen molar-refractivity contribution in [2.24, 2.45) is 39.3 Å². The zero-order chi connectivity index (χ0) is 88.0. The van der Waals surface area contributed by atoms with Crippen molar-refractivity contribution in [3.8, 4) is 0 Å². The van der Waals surface area contributed by atoms with E-state index in [2.05, 4.69) is 100 Å². The number of primary amides is 2. The largest absolute Gasteiger partial charge is 0.392 e. The molecule has 3 aromatic carbocycles. The van der Waals surface area contributed by atoms with Crippen LogP contribution in [-0.2, 0) is 86.9 Å². The van der Waals surface area contributed by atoms with Gasteiger partial charge in [-0.05, 0) is 138 Å². The third-order valence-electron chi connectivity index (χ3n) is 21.9. The van der Waals surface area contributed by atoms with E-state index in [0.717, 1.165) is 14.5 Å². The Morgan fingerprint density at radius 1 is 0.731 bits per heavy atom. The number of para-hydroxylation sites is 1. The van der Waals surface area contributed by atoms with Crippen LogP contribution in [-0.4, -0.2) is 279 Å². The third-order valence-corrected chi connectivity index (χ3v) is 23.7. The Bertz CT molecular complexity index is 4180. The fourth-order valence-corrected chi connectivity index (χ4v) is 15.5. The maximum atomic E-state index is 15.4. The van der Waals surface area contributed by atoms with Crippen LogP contribution in [0, 0.1) is 11.3 Å². The van der Waals surface area contributed by atoms with Gasteiger partial charge in [0, 0.05) is 128 Å². The number of carbonyl (C=O) groups excluding carboxylic acids is 11. The summed E-state index contributed by atoms with van der Waals surface area (Å²) in [6.45, 7) is 14.7. The summed E-state index contributed by atoms with van der Waals surface area (Å²) in [6.07, 6.45) is 1.28. The number of likely N-dealkylation sites (N-methyl/N-ethyl adjacent to an activating group) is 2. The highest BCUT2D eigenvalue weighted by Crippen LogP contribution is 2.29. The molecule has 119 heavy (non-hydrogen) atoms. The first kappa shape index (κ1) is 99.0. The number of nitrogens with two attached hydrogens (primary N) is 4. The van der Waals surface area contributed by atoms with Crippen molar-refractivity contribution in [2.45, 2.75) is 217 Å². The Labute approximate surface area is 713 Å². The number of benzene rings is 3. The molecule has 36 nitrogen and oxygen atoms in total. The number of carbonyl (C=O) groups is 11. The zero-order valence-electron chi connectivity index (χ0n) is 69.5. The van der Waals surface area contributed by atoms with Gasteiger partial charge in [0.15, 0.2) is 5.96 Å². The van der Waals surface area contributed by atoms with E-state index in [-0.39, 0.29) is 109 Å². The van der Waals surface area contributed by atoms with Gasteiger partial charge >= 0.3 is 0 Å². The summed E-state index contributed by atoms with van der Waals surface area (Å²) in [5.41, 5.74) is 24.8. The first-order valence-corrected chi connectivity index (χ1v) is 43.5. The maximum absolute atomic E-state index is 15.4. The Hall–Kier alpha value is -8.77. The van der Waals surface area contributed by atoms with Crippen LogP contribution in [0.2, 0.25) is 0 Å². The van der Waals surface area contributed by atoms with E-state index in [1.54, 1.807) is 110 Å². The topological polar surface area (TPSA) is 546 Å². The van der Waals surface area contributed by atoms with E-state index in [9.17, 15) is 46.8 Å². The van der Waals surface area contributed by atoms with Crippen molar-refractivity contribution in [3.63, 3.8) is 0 Å². The van der Waals surface area contributed by atoms with Gasteiger partial charge in [-0.15, -0.1) is 0 Å². The molecule has 0 aliphatic carbocycles. The maximum Gasteiger partial charge on any atom is 0.267 e. The van der Waals surface area contributed by atoms with Gasteiger partial charge in [0.25, 0.3) is 10.1 Å². The fraction of sp³-hybridized carbons (Fsp3) is 0.600. The molecule has 15 atom stereocenters. The van der Waals surface area contributed by atoms with Gasteiger partial charge < -0.3 is 106 Å². The number of halogens is 2. The van der Waals surface area contributed by atoms with Crippen LogP contribution < -0.4 is 81.4 Å². The van der Waals surface area contributed by atoms with Gasteiger partial charge in [0.2, 0.25) is 65.5 Å². The second-order valence-electron chi connectivity index (χ2n) is 32.0. The molecule has 1 aromatic heterocycles. The zero-order valence-corrected chi connectivity index (χ0v) is 73.5. The molecule has 6 rings (SSSR count). The van der Waals surface area contributed by atoms with Gasteiger partial charge in [-0.1, -0.05) is 109 Å². The van der Waals surface area contributed by atoms with Gasteiger partial charge in [-0.2, -0.15) is 8.42 Å². The minimum atomic E-state index is -5.14. The first-order chi connectivity index (χ1) is 56.2. The summed E-state index contributed by atoms with van der Waals surface area (Å²) in [6, 6.07) is 7.86. The lowest BCUT2D eigenvalue weighted by Crippen LogP contribution is -2.63. The highest BCUT2D eigenvalue weighted by molar-refractivity contribution is 9.10. The van der Waals surface area contributed by atoms with Crippen molar-refractivity contribution >= 4 is 124 Å². The number of hydrogen-bond donors (Lipinski definition) is 18. The van der Waals surface area contributed by atoms with E-state index in [4.69, 9.17) is 27.7 Å². The minimum absolute atomic E-state index is 0.0163. The second-order valence-corrected chi connectivity index (χ2v) is 35.3. The summed E-state index contributed by atoms with van der Waals surface area (Å²) in [7, 11) is -1.56. The normalized spacial score (nSPS) is 21.1. The lowest BCUT2D eigenvalue weighted by Gasteiger charge is -2.36. The molecule has 2 aliphatic rings. The number of aromatic nitrogens is 1. The van der Waals surface area contributed by atoms with E-state index in [1.807, 2.05) is 41.1 Å². The number of nitrogens with one attached hydrogen (secondary N) is 12. The number of aliphatic hydroxyl groups excluding tert-OH is 1. The summed E-state index contributed by atoms with van der Waals surface area (Å²) in [4.78, 5) is 167. The predicted molar refractivity (Wildman–Crippen MR) is 458 cm³/mol. The quantitative estimate of drug-likeness (QED) is 0.00869. The SMILES string of the molecule is CCC(C)(C)[C@H](NC(=O)[C@@H]1CCCN1C(=O)[C@H](Cc1ccc(Br)cc1)NC(=O)[C@H](C)NC=O)C(=O)N[C@H](C(=O)N[C@@H](Cc1c[nH]c2ccccc12)C(=O)N[C@@H](CCCN=C(N)N)C(=O)N[C@@H](CS(=O)(=O)O)C(=O)NC1CN(C)C(CCC(N)=O)CNC(Cc2ccc(Br)cc2)CNC(C(C)O)CN(C)C(CC(N)=O)CNCCOC1C)C(C)C. The molecule has 11 amide bonds. The molecule has 7 unspecified atom stereocenters. The molecule has 2 fully saturated rings. The van der Waals surface area contributed by atoms with Crippen molar-refractivity contribution in [1.29, 1.82) is 0 Å². The number of guanidine groups is 1.